The molecule has 1 N–H and O–H groups in total. The molecule has 3 rings (SSSR count). The van der Waals surface area contributed by atoms with Gasteiger partial charge in [-0.2, -0.15) is 5.26 Å². The van der Waals surface area contributed by atoms with Crippen LogP contribution in [0.1, 0.15) is 30.0 Å². The third-order valence-corrected chi connectivity index (χ3v) is 3.87. The van der Waals surface area contributed by atoms with Crippen LogP contribution in [0.5, 0.6) is 5.75 Å². The van der Waals surface area contributed by atoms with Crippen molar-refractivity contribution in [3.8, 4) is 11.8 Å². The van der Waals surface area contributed by atoms with E-state index in [1.165, 1.54) is 24.0 Å². The zero-order chi connectivity index (χ0) is 14.5. The molecule has 0 fully saturated rings. The van der Waals surface area contributed by atoms with Crippen LogP contribution in [0.2, 0.25) is 0 Å². The Hall–Kier alpha value is -2.47. The van der Waals surface area contributed by atoms with Gasteiger partial charge in [-0.3, -0.25) is 0 Å². The molecule has 0 bridgehead atoms. The van der Waals surface area contributed by atoms with E-state index < -0.39 is 0 Å². The van der Waals surface area contributed by atoms with E-state index >= 15 is 0 Å². The zero-order valence-corrected chi connectivity index (χ0v) is 11.9. The SMILES string of the molecule is N#CCOc1ccc(NC2CCCc3ccccc32)cc1. The monoisotopic (exact) mass is 278 g/mol. The van der Waals surface area contributed by atoms with Crippen LogP contribution in [0.3, 0.4) is 0 Å². The van der Waals surface area contributed by atoms with E-state index in [4.69, 9.17) is 10.00 Å². The largest absolute Gasteiger partial charge is 0.479 e. The molecular formula is C18H18N2O. The Morgan fingerprint density at radius 2 is 1.95 bits per heavy atom. The van der Waals surface area contributed by atoms with Crippen molar-refractivity contribution in [2.45, 2.75) is 25.3 Å². The summed E-state index contributed by atoms with van der Waals surface area (Å²) in [5.41, 5.74) is 3.95. The quantitative estimate of drug-likeness (QED) is 0.916. The van der Waals surface area contributed by atoms with Crippen LogP contribution in [0.25, 0.3) is 0 Å². The third-order valence-electron chi connectivity index (χ3n) is 3.87. The van der Waals surface area contributed by atoms with E-state index in [0.717, 1.165) is 17.9 Å². The van der Waals surface area contributed by atoms with Gasteiger partial charge in [0.25, 0.3) is 0 Å². The van der Waals surface area contributed by atoms with Crippen LogP contribution in [-0.4, -0.2) is 6.61 Å². The van der Waals surface area contributed by atoms with Crippen LogP contribution < -0.4 is 10.1 Å². The molecule has 0 saturated heterocycles. The van der Waals surface area contributed by atoms with E-state index in [0.29, 0.717) is 6.04 Å². The van der Waals surface area contributed by atoms with Crippen molar-refractivity contribution in [1.29, 1.82) is 5.26 Å². The van der Waals surface area contributed by atoms with Crippen LogP contribution >= 0.6 is 0 Å². The smallest absolute Gasteiger partial charge is 0.174 e. The number of nitrogens with one attached hydrogen (secondary N) is 1. The highest BCUT2D eigenvalue weighted by Gasteiger charge is 2.19. The van der Waals surface area contributed by atoms with Crippen molar-refractivity contribution in [1.82, 2.24) is 0 Å². The fourth-order valence-corrected chi connectivity index (χ4v) is 2.87. The third kappa shape index (κ3) is 3.17. The minimum atomic E-state index is 0.0861. The van der Waals surface area contributed by atoms with Gasteiger partial charge in [0.05, 0.1) is 6.04 Å². The van der Waals surface area contributed by atoms with Crippen LogP contribution in [0.4, 0.5) is 5.69 Å². The van der Waals surface area contributed by atoms with Crippen molar-refractivity contribution in [3.63, 3.8) is 0 Å². The zero-order valence-electron chi connectivity index (χ0n) is 11.9. The van der Waals surface area contributed by atoms with E-state index in [1.807, 2.05) is 30.3 Å². The standard InChI is InChI=1S/C18H18N2O/c19-12-13-21-16-10-8-15(9-11-16)20-18-7-3-5-14-4-1-2-6-17(14)18/h1-2,4,6,8-11,18,20H,3,5,7,13H2. The fraction of sp³-hybridized carbons (Fsp3) is 0.278. The van der Waals surface area contributed by atoms with Gasteiger partial charge in [-0.25, -0.2) is 0 Å². The second kappa shape index (κ2) is 6.32. The summed E-state index contributed by atoms with van der Waals surface area (Å²) in [6.07, 6.45) is 3.55. The van der Waals surface area contributed by atoms with E-state index in [1.54, 1.807) is 0 Å². The van der Waals surface area contributed by atoms with Gasteiger partial charge in [-0.05, 0) is 54.7 Å². The van der Waals surface area contributed by atoms with Gasteiger partial charge in [0, 0.05) is 5.69 Å². The molecule has 3 heteroatoms. The number of nitrogens with zero attached hydrogens (tertiary/aromatic N) is 1. The Morgan fingerprint density at radius 1 is 1.14 bits per heavy atom. The molecule has 0 aromatic heterocycles. The van der Waals surface area contributed by atoms with Gasteiger partial charge >= 0.3 is 0 Å². The highest BCUT2D eigenvalue weighted by atomic mass is 16.5. The van der Waals surface area contributed by atoms with E-state index in [-0.39, 0.29) is 6.61 Å². The molecule has 106 valence electrons. The molecule has 2 aromatic rings. The minimum Gasteiger partial charge on any atom is -0.479 e. The molecule has 1 atom stereocenters. The molecule has 1 unspecified atom stereocenters. The van der Waals surface area contributed by atoms with Crippen molar-refractivity contribution < 1.29 is 4.74 Å². The van der Waals surface area contributed by atoms with Crippen molar-refractivity contribution in [3.05, 3.63) is 59.7 Å². The van der Waals surface area contributed by atoms with Gasteiger partial charge in [-0.15, -0.1) is 0 Å². The second-order valence-electron chi connectivity index (χ2n) is 5.26. The van der Waals surface area contributed by atoms with Gasteiger partial charge < -0.3 is 10.1 Å². The number of hydrogen-bond donors (Lipinski definition) is 1. The number of fused-ring (bicyclic) bond motifs is 1. The summed E-state index contributed by atoms with van der Waals surface area (Å²) in [6, 6.07) is 18.8. The molecular weight excluding hydrogens is 260 g/mol. The van der Waals surface area contributed by atoms with Crippen molar-refractivity contribution in [2.75, 3.05) is 11.9 Å². The number of rotatable bonds is 4. The summed E-state index contributed by atoms with van der Waals surface area (Å²) < 4.78 is 5.27. The molecule has 0 radical (unpaired) electrons. The number of benzene rings is 2. The number of nitriles is 1. The number of ether oxygens (including phenoxy) is 1. The first-order valence-corrected chi connectivity index (χ1v) is 7.31. The average molecular weight is 278 g/mol. The molecule has 0 spiro atoms. The Balaban J connectivity index is 1.71. The predicted octanol–water partition coefficient (Wildman–Crippen LogP) is 4.08. The number of aryl methyl sites for hydroxylation is 1. The molecule has 0 heterocycles. The Kier molecular flexibility index (Phi) is 4.07. The number of hydrogen-bond acceptors (Lipinski definition) is 3. The molecule has 1 aliphatic rings. The molecule has 0 aliphatic heterocycles. The van der Waals surface area contributed by atoms with Crippen LogP contribution in [0.15, 0.2) is 48.5 Å². The Bertz CT molecular complexity index is 643. The number of anilines is 1. The van der Waals surface area contributed by atoms with Crippen molar-refractivity contribution >= 4 is 5.69 Å². The summed E-state index contributed by atoms with van der Waals surface area (Å²) >= 11 is 0. The first-order chi connectivity index (χ1) is 10.4. The first kappa shape index (κ1) is 13.5. The lowest BCUT2D eigenvalue weighted by molar-refractivity contribution is 0.368. The van der Waals surface area contributed by atoms with Gasteiger partial charge in [0.2, 0.25) is 0 Å². The maximum Gasteiger partial charge on any atom is 0.174 e. The average Bonchev–Trinajstić information content (AvgIpc) is 2.55. The molecule has 21 heavy (non-hydrogen) atoms. The van der Waals surface area contributed by atoms with Crippen molar-refractivity contribution in [2.24, 2.45) is 0 Å². The highest BCUT2D eigenvalue weighted by molar-refractivity contribution is 5.49. The lowest BCUT2D eigenvalue weighted by atomic mass is 9.87. The maximum absolute atomic E-state index is 8.50. The lowest BCUT2D eigenvalue weighted by Crippen LogP contribution is -2.17. The first-order valence-electron chi connectivity index (χ1n) is 7.31. The molecule has 2 aromatic carbocycles. The van der Waals surface area contributed by atoms with Crippen LogP contribution in [0, 0.1) is 11.3 Å². The highest BCUT2D eigenvalue weighted by Crippen LogP contribution is 2.32. The maximum atomic E-state index is 8.50. The summed E-state index contributed by atoms with van der Waals surface area (Å²) in [6.45, 7) is 0.0861. The normalized spacial score (nSPS) is 16.6. The van der Waals surface area contributed by atoms with E-state index in [2.05, 4.69) is 29.6 Å². The van der Waals surface area contributed by atoms with Gasteiger partial charge in [0.15, 0.2) is 6.61 Å². The topological polar surface area (TPSA) is 45.0 Å². The predicted molar refractivity (Wildman–Crippen MR) is 83.3 cm³/mol. The summed E-state index contributed by atoms with van der Waals surface area (Å²) in [5, 5.41) is 12.1. The second-order valence-corrected chi connectivity index (χ2v) is 5.26. The molecule has 0 saturated carbocycles. The Labute approximate surface area is 125 Å². The summed E-state index contributed by atoms with van der Waals surface area (Å²) in [4.78, 5) is 0. The van der Waals surface area contributed by atoms with Crippen LogP contribution in [-0.2, 0) is 6.42 Å². The molecule has 3 nitrogen and oxygen atoms in total. The summed E-state index contributed by atoms with van der Waals surface area (Å²) in [5.74, 6) is 0.728. The minimum absolute atomic E-state index is 0.0861. The molecule has 0 amide bonds. The summed E-state index contributed by atoms with van der Waals surface area (Å²) in [7, 11) is 0. The van der Waals surface area contributed by atoms with E-state index in [9.17, 15) is 0 Å². The lowest BCUT2D eigenvalue weighted by Gasteiger charge is -2.27. The Morgan fingerprint density at radius 3 is 2.76 bits per heavy atom. The van der Waals surface area contributed by atoms with Gasteiger partial charge in [-0.1, -0.05) is 24.3 Å². The fourth-order valence-electron chi connectivity index (χ4n) is 2.87. The van der Waals surface area contributed by atoms with Gasteiger partial charge in [0.1, 0.15) is 11.8 Å². The molecule has 1 aliphatic carbocycles.